The number of hydrogen-bond acceptors (Lipinski definition) is 4. The minimum absolute atomic E-state index is 0.122. The molecule has 2 aliphatic carbocycles. The molecule has 0 radical (unpaired) electrons. The Morgan fingerprint density at radius 1 is 1.28 bits per heavy atom. The summed E-state index contributed by atoms with van der Waals surface area (Å²) in [5, 5.41) is 5.72. The van der Waals surface area contributed by atoms with E-state index in [1.807, 2.05) is 0 Å². The number of hydrogen-bond donors (Lipinski definition) is 2. The van der Waals surface area contributed by atoms with Gasteiger partial charge in [-0.1, -0.05) is 25.7 Å². The highest BCUT2D eigenvalue weighted by Gasteiger charge is 2.57. The van der Waals surface area contributed by atoms with Gasteiger partial charge in [0.25, 0.3) is 5.91 Å². The van der Waals surface area contributed by atoms with Crippen molar-refractivity contribution in [2.75, 3.05) is 13.2 Å². The van der Waals surface area contributed by atoms with Gasteiger partial charge in [-0.15, -0.1) is 0 Å². The Bertz CT molecular complexity index is 594. The zero-order valence-electron chi connectivity index (χ0n) is 14.9. The fourth-order valence-corrected chi connectivity index (χ4v) is 5.20. The quantitative estimate of drug-likeness (QED) is 0.742. The maximum Gasteiger partial charge on any atom is 0.325 e. The molecule has 2 aliphatic heterocycles. The number of ether oxygens (including phenoxy) is 1. The summed E-state index contributed by atoms with van der Waals surface area (Å²) in [7, 11) is 0. The SMILES string of the molecule is CC1(C)NC(=O)N(CC(=O)N[C@@H]2[C@@H]3CCO[C@@H]3[C@@H]2C2CCCC2)C1=O. The third-order valence-corrected chi connectivity index (χ3v) is 6.46. The van der Waals surface area contributed by atoms with Gasteiger partial charge in [0.1, 0.15) is 12.1 Å². The van der Waals surface area contributed by atoms with Gasteiger partial charge in [0.05, 0.1) is 6.10 Å². The molecule has 2 N–H and O–H groups in total. The number of nitrogens with zero attached hydrogens (tertiary/aromatic N) is 1. The molecule has 2 saturated heterocycles. The Morgan fingerprint density at radius 2 is 2.00 bits per heavy atom. The van der Waals surface area contributed by atoms with Crippen LogP contribution in [0.15, 0.2) is 0 Å². The standard InChI is InChI=1S/C18H27N3O4/c1-18(2)16(23)21(17(24)20-18)9-12(22)19-14-11-7-8-25-15(11)13(14)10-5-3-4-6-10/h10-11,13-15H,3-9H2,1-2H3,(H,19,22)(H,20,24)/t11-,13+,14+,15-/m0/s1. The summed E-state index contributed by atoms with van der Waals surface area (Å²) in [6.45, 7) is 3.85. The van der Waals surface area contributed by atoms with E-state index in [-0.39, 0.29) is 30.5 Å². The highest BCUT2D eigenvalue weighted by Crippen LogP contribution is 2.51. The Morgan fingerprint density at radius 3 is 2.64 bits per heavy atom. The van der Waals surface area contributed by atoms with Crippen molar-refractivity contribution in [1.82, 2.24) is 15.5 Å². The van der Waals surface area contributed by atoms with Gasteiger partial charge in [0.15, 0.2) is 0 Å². The summed E-state index contributed by atoms with van der Waals surface area (Å²) in [6.07, 6.45) is 6.21. The molecular formula is C18H27N3O4. The maximum absolute atomic E-state index is 12.5. The van der Waals surface area contributed by atoms with Gasteiger partial charge in [-0.05, 0) is 26.2 Å². The number of rotatable bonds is 4. The van der Waals surface area contributed by atoms with Crippen LogP contribution in [0.2, 0.25) is 0 Å². The number of carbonyl (C=O) groups excluding carboxylic acids is 3. The fourth-order valence-electron chi connectivity index (χ4n) is 5.20. The maximum atomic E-state index is 12.5. The number of imide groups is 1. The topological polar surface area (TPSA) is 87.7 Å². The third kappa shape index (κ3) is 2.72. The molecule has 4 aliphatic rings. The molecule has 0 unspecified atom stereocenters. The van der Waals surface area contributed by atoms with Gasteiger partial charge in [-0.2, -0.15) is 0 Å². The predicted molar refractivity (Wildman–Crippen MR) is 89.5 cm³/mol. The lowest BCUT2D eigenvalue weighted by atomic mass is 9.61. The van der Waals surface area contributed by atoms with E-state index in [1.165, 1.54) is 25.7 Å². The first-order chi connectivity index (χ1) is 11.9. The molecule has 0 aromatic heterocycles. The lowest BCUT2D eigenvalue weighted by molar-refractivity contribution is -0.137. The highest BCUT2D eigenvalue weighted by molar-refractivity contribution is 6.08. The average Bonchev–Trinajstić information content (AvgIpc) is 3.23. The monoisotopic (exact) mass is 349 g/mol. The second kappa shape index (κ2) is 5.97. The molecule has 2 saturated carbocycles. The van der Waals surface area contributed by atoms with Crippen LogP contribution >= 0.6 is 0 Å². The van der Waals surface area contributed by atoms with Gasteiger partial charge in [0, 0.05) is 24.5 Å². The molecule has 7 heteroatoms. The van der Waals surface area contributed by atoms with E-state index in [1.54, 1.807) is 13.8 Å². The summed E-state index contributed by atoms with van der Waals surface area (Å²) in [6, 6.07) is -0.370. The molecule has 7 nitrogen and oxygen atoms in total. The minimum Gasteiger partial charge on any atom is -0.377 e. The first-order valence-corrected chi connectivity index (χ1v) is 9.43. The third-order valence-electron chi connectivity index (χ3n) is 6.46. The molecule has 4 rings (SSSR count). The molecule has 25 heavy (non-hydrogen) atoms. The Hall–Kier alpha value is -1.63. The molecule has 0 aromatic rings. The minimum atomic E-state index is -0.940. The largest absolute Gasteiger partial charge is 0.377 e. The van der Waals surface area contributed by atoms with Crippen molar-refractivity contribution in [1.29, 1.82) is 0 Å². The predicted octanol–water partition coefficient (Wildman–Crippen LogP) is 1.03. The van der Waals surface area contributed by atoms with Crippen molar-refractivity contribution < 1.29 is 19.1 Å². The lowest BCUT2D eigenvalue weighted by Gasteiger charge is -2.50. The molecule has 4 atom stereocenters. The molecule has 0 bridgehead atoms. The van der Waals surface area contributed by atoms with Gasteiger partial charge in [-0.3, -0.25) is 14.5 Å². The van der Waals surface area contributed by atoms with Crippen molar-refractivity contribution >= 4 is 17.8 Å². The second-order valence-corrected chi connectivity index (χ2v) is 8.45. The summed E-state index contributed by atoms with van der Waals surface area (Å²) < 4.78 is 5.90. The first-order valence-electron chi connectivity index (χ1n) is 9.43. The Balaban J connectivity index is 1.40. The molecular weight excluding hydrogens is 322 g/mol. The Kier molecular flexibility index (Phi) is 4.02. The van der Waals surface area contributed by atoms with Crippen LogP contribution in [0.3, 0.4) is 0 Å². The zero-order valence-corrected chi connectivity index (χ0v) is 14.9. The van der Waals surface area contributed by atoms with Crippen LogP contribution in [-0.4, -0.2) is 53.6 Å². The number of urea groups is 1. The van der Waals surface area contributed by atoms with Crippen molar-refractivity contribution in [3.05, 3.63) is 0 Å². The van der Waals surface area contributed by atoms with Gasteiger partial charge >= 0.3 is 6.03 Å². The highest BCUT2D eigenvalue weighted by atomic mass is 16.5. The van der Waals surface area contributed by atoms with E-state index < -0.39 is 11.6 Å². The summed E-state index contributed by atoms with van der Waals surface area (Å²) in [5.41, 5.74) is -0.940. The van der Waals surface area contributed by atoms with Crippen molar-refractivity contribution in [3.8, 4) is 0 Å². The molecule has 0 aromatic carbocycles. The molecule has 4 amide bonds. The average molecular weight is 349 g/mol. The molecule has 2 heterocycles. The normalized spacial score (nSPS) is 37.0. The van der Waals surface area contributed by atoms with Crippen LogP contribution in [0.5, 0.6) is 0 Å². The fraction of sp³-hybridized carbons (Fsp3) is 0.833. The van der Waals surface area contributed by atoms with E-state index in [2.05, 4.69) is 10.6 Å². The lowest BCUT2D eigenvalue weighted by Crippen LogP contribution is -2.64. The van der Waals surface area contributed by atoms with E-state index in [0.29, 0.717) is 17.8 Å². The number of fused-ring (bicyclic) bond motifs is 1. The summed E-state index contributed by atoms with van der Waals surface area (Å²) >= 11 is 0. The first kappa shape index (κ1) is 16.8. The van der Waals surface area contributed by atoms with Crippen LogP contribution in [0.25, 0.3) is 0 Å². The van der Waals surface area contributed by atoms with Crippen molar-refractivity contribution in [2.24, 2.45) is 17.8 Å². The Labute approximate surface area is 147 Å². The van der Waals surface area contributed by atoms with E-state index >= 15 is 0 Å². The van der Waals surface area contributed by atoms with Crippen LogP contribution in [0.4, 0.5) is 4.79 Å². The van der Waals surface area contributed by atoms with E-state index in [4.69, 9.17) is 4.74 Å². The van der Waals surface area contributed by atoms with Gasteiger partial charge in [-0.25, -0.2) is 4.79 Å². The van der Waals surface area contributed by atoms with Crippen molar-refractivity contribution in [2.45, 2.75) is 63.6 Å². The van der Waals surface area contributed by atoms with E-state index in [9.17, 15) is 14.4 Å². The van der Waals surface area contributed by atoms with Crippen LogP contribution in [0, 0.1) is 17.8 Å². The van der Waals surface area contributed by atoms with Crippen LogP contribution in [0.1, 0.15) is 46.0 Å². The summed E-state index contributed by atoms with van der Waals surface area (Å²) in [4.78, 5) is 37.7. The zero-order chi connectivity index (χ0) is 17.8. The molecule has 4 fully saturated rings. The van der Waals surface area contributed by atoms with Gasteiger partial charge < -0.3 is 15.4 Å². The van der Waals surface area contributed by atoms with Crippen LogP contribution < -0.4 is 10.6 Å². The number of amides is 4. The smallest absolute Gasteiger partial charge is 0.325 e. The number of carbonyl (C=O) groups is 3. The molecule has 0 spiro atoms. The molecule has 138 valence electrons. The van der Waals surface area contributed by atoms with Crippen molar-refractivity contribution in [3.63, 3.8) is 0 Å². The van der Waals surface area contributed by atoms with Gasteiger partial charge in [0.2, 0.25) is 5.91 Å². The number of nitrogens with one attached hydrogen (secondary N) is 2. The van der Waals surface area contributed by atoms with E-state index in [0.717, 1.165) is 17.9 Å². The second-order valence-electron chi connectivity index (χ2n) is 8.45. The van der Waals surface area contributed by atoms with Crippen LogP contribution in [-0.2, 0) is 14.3 Å². The summed E-state index contributed by atoms with van der Waals surface area (Å²) in [5.74, 6) is 0.795.